The monoisotopic (exact) mass is 386 g/mol. The van der Waals surface area contributed by atoms with E-state index in [0.29, 0.717) is 5.82 Å². The lowest BCUT2D eigenvalue weighted by molar-refractivity contribution is 0.251. The summed E-state index contributed by atoms with van der Waals surface area (Å²) in [6.07, 6.45) is 0. The molecule has 0 bridgehead atoms. The molecule has 0 aliphatic heterocycles. The zero-order valence-corrected chi connectivity index (χ0v) is 15.7. The Balaban J connectivity index is 1.72. The lowest BCUT2D eigenvalue weighted by Crippen LogP contribution is -2.29. The number of benzene rings is 2. The molecule has 1 aromatic heterocycles. The summed E-state index contributed by atoms with van der Waals surface area (Å²) in [4.78, 5) is 13.7. The number of amides is 2. The predicted octanol–water partition coefficient (Wildman–Crippen LogP) is 3.70. The molecule has 1 heterocycles. The molecule has 146 valence electrons. The number of urea groups is 1. The van der Waals surface area contributed by atoms with E-state index < -0.39 is 17.7 Å². The third-order valence-corrected chi connectivity index (χ3v) is 3.87. The second-order valence-corrected chi connectivity index (χ2v) is 7.12. The molecule has 0 spiro atoms. The second-order valence-electron chi connectivity index (χ2n) is 7.12. The Kier molecular flexibility index (Phi) is 5.34. The summed E-state index contributed by atoms with van der Waals surface area (Å²) in [6.45, 7) is 5.84. The van der Waals surface area contributed by atoms with Gasteiger partial charge in [-0.3, -0.25) is 0 Å². The minimum atomic E-state index is -0.711. The molecule has 0 unspecified atom stereocenters. The average Bonchev–Trinajstić information content (AvgIpc) is 3.11. The van der Waals surface area contributed by atoms with E-state index in [-0.39, 0.29) is 28.9 Å². The van der Waals surface area contributed by atoms with Gasteiger partial charge in [0.2, 0.25) is 0 Å². The van der Waals surface area contributed by atoms with Crippen LogP contribution in [0.3, 0.4) is 0 Å². The van der Waals surface area contributed by atoms with Gasteiger partial charge in [-0.25, -0.2) is 13.6 Å². The fourth-order valence-electron chi connectivity index (χ4n) is 2.49. The molecule has 0 aliphatic carbocycles. The van der Waals surface area contributed by atoms with E-state index >= 15 is 0 Å². The molecule has 0 aliphatic rings. The molecule has 0 fully saturated rings. The first-order chi connectivity index (χ1) is 13.3. The van der Waals surface area contributed by atoms with Crippen LogP contribution in [0.4, 0.5) is 19.3 Å². The number of hydrogen-bond donors (Lipinski definition) is 2. The van der Waals surface area contributed by atoms with E-state index in [1.54, 1.807) is 18.2 Å². The highest BCUT2D eigenvalue weighted by molar-refractivity contribution is 5.94. The van der Waals surface area contributed by atoms with Gasteiger partial charge in [-0.05, 0) is 44.2 Å². The molecule has 0 atom stereocenters. The molecule has 28 heavy (non-hydrogen) atoms. The van der Waals surface area contributed by atoms with Gasteiger partial charge in [0.25, 0.3) is 0 Å². The molecule has 3 rings (SSSR count). The quantitative estimate of drug-likeness (QED) is 0.716. The van der Waals surface area contributed by atoms with E-state index in [1.165, 1.54) is 29.1 Å². The first kappa shape index (κ1) is 19.4. The van der Waals surface area contributed by atoms with E-state index in [1.807, 2.05) is 20.8 Å². The van der Waals surface area contributed by atoms with E-state index in [2.05, 4.69) is 26.0 Å². The van der Waals surface area contributed by atoms with Crippen molar-refractivity contribution in [2.45, 2.75) is 32.9 Å². The van der Waals surface area contributed by atoms with Gasteiger partial charge in [-0.1, -0.05) is 24.3 Å². The maximum Gasteiger partial charge on any atom is 0.319 e. The Labute approximate surface area is 160 Å². The molecule has 3 aromatic rings. The van der Waals surface area contributed by atoms with Crippen LogP contribution in [-0.4, -0.2) is 26.2 Å². The van der Waals surface area contributed by atoms with Crippen molar-refractivity contribution in [2.75, 3.05) is 5.32 Å². The summed E-state index contributed by atoms with van der Waals surface area (Å²) >= 11 is 0. The summed E-state index contributed by atoms with van der Waals surface area (Å²) in [5.41, 5.74) is -0.00967. The molecular weight excluding hydrogens is 366 g/mol. The standard InChI is InChI=1S/C19H20F2N6O/c1-19(2,3)27-25-16(24-26-27)11-22-18(28)23-15-10-5-4-7-12(15)17-13(20)8-6-9-14(17)21/h4-10H,11H2,1-3H3,(H2,22,23,28). The number of carbonyl (C=O) groups is 1. The Morgan fingerprint density at radius 2 is 1.75 bits per heavy atom. The van der Waals surface area contributed by atoms with Crippen molar-refractivity contribution in [3.8, 4) is 11.1 Å². The Hall–Kier alpha value is -3.36. The van der Waals surface area contributed by atoms with Gasteiger partial charge >= 0.3 is 6.03 Å². The maximum atomic E-state index is 14.1. The number of rotatable bonds is 4. The van der Waals surface area contributed by atoms with Crippen LogP contribution in [0.5, 0.6) is 0 Å². The van der Waals surface area contributed by atoms with Crippen LogP contribution in [0.15, 0.2) is 42.5 Å². The number of hydrogen-bond acceptors (Lipinski definition) is 4. The summed E-state index contributed by atoms with van der Waals surface area (Å²) in [7, 11) is 0. The van der Waals surface area contributed by atoms with Crippen LogP contribution < -0.4 is 10.6 Å². The van der Waals surface area contributed by atoms with Crippen LogP contribution >= 0.6 is 0 Å². The number of carbonyl (C=O) groups excluding carboxylic acids is 1. The largest absolute Gasteiger partial charge is 0.330 e. The van der Waals surface area contributed by atoms with Crippen LogP contribution in [-0.2, 0) is 12.1 Å². The minimum absolute atomic E-state index is 0.0537. The molecular formula is C19H20F2N6O. The maximum absolute atomic E-state index is 14.1. The van der Waals surface area contributed by atoms with Gasteiger partial charge in [0, 0.05) is 5.56 Å². The number of nitrogens with one attached hydrogen (secondary N) is 2. The van der Waals surface area contributed by atoms with Gasteiger partial charge in [-0.2, -0.15) is 4.80 Å². The third kappa shape index (κ3) is 4.30. The summed E-state index contributed by atoms with van der Waals surface area (Å²) in [5.74, 6) is -1.08. The van der Waals surface area contributed by atoms with Crippen molar-refractivity contribution in [3.05, 3.63) is 59.9 Å². The number of anilines is 1. The fraction of sp³-hybridized carbons (Fsp3) is 0.263. The second kappa shape index (κ2) is 7.71. The van der Waals surface area contributed by atoms with Gasteiger partial charge in [0.05, 0.1) is 23.3 Å². The topological polar surface area (TPSA) is 84.7 Å². The van der Waals surface area contributed by atoms with Crippen LogP contribution in [0, 0.1) is 11.6 Å². The third-order valence-electron chi connectivity index (χ3n) is 3.87. The molecule has 9 heteroatoms. The van der Waals surface area contributed by atoms with Crippen molar-refractivity contribution in [1.29, 1.82) is 0 Å². The van der Waals surface area contributed by atoms with Crippen molar-refractivity contribution in [3.63, 3.8) is 0 Å². The van der Waals surface area contributed by atoms with E-state index in [9.17, 15) is 13.6 Å². The normalized spacial score (nSPS) is 11.3. The fourth-order valence-corrected chi connectivity index (χ4v) is 2.49. The first-order valence-electron chi connectivity index (χ1n) is 8.63. The number of halogens is 2. The molecule has 2 aromatic carbocycles. The number of tetrazole rings is 1. The smallest absolute Gasteiger partial charge is 0.319 e. The lowest BCUT2D eigenvalue weighted by atomic mass is 10.0. The molecule has 2 amide bonds. The number of para-hydroxylation sites is 1. The molecule has 0 saturated carbocycles. The highest BCUT2D eigenvalue weighted by Gasteiger charge is 2.18. The van der Waals surface area contributed by atoms with Gasteiger partial charge in [0.15, 0.2) is 5.82 Å². The summed E-state index contributed by atoms with van der Waals surface area (Å²) < 4.78 is 28.3. The Morgan fingerprint density at radius 1 is 1.07 bits per heavy atom. The SMILES string of the molecule is CC(C)(C)n1nnc(CNC(=O)Nc2ccccc2-c2c(F)cccc2F)n1. The number of aromatic nitrogens is 4. The summed E-state index contributed by atoms with van der Waals surface area (Å²) in [6, 6.07) is 9.46. The summed E-state index contributed by atoms with van der Waals surface area (Å²) in [5, 5.41) is 17.2. The molecule has 7 nitrogen and oxygen atoms in total. The van der Waals surface area contributed by atoms with E-state index in [0.717, 1.165) is 0 Å². The number of nitrogens with zero attached hydrogens (tertiary/aromatic N) is 4. The zero-order chi connectivity index (χ0) is 20.3. The van der Waals surface area contributed by atoms with Crippen LogP contribution in [0.25, 0.3) is 11.1 Å². The van der Waals surface area contributed by atoms with Crippen LogP contribution in [0.2, 0.25) is 0 Å². The molecule has 2 N–H and O–H groups in total. The zero-order valence-electron chi connectivity index (χ0n) is 15.7. The Bertz CT molecular complexity index is 976. The average molecular weight is 386 g/mol. The first-order valence-corrected chi connectivity index (χ1v) is 8.63. The predicted molar refractivity (Wildman–Crippen MR) is 100 cm³/mol. The Morgan fingerprint density at radius 3 is 2.39 bits per heavy atom. The van der Waals surface area contributed by atoms with Crippen LogP contribution in [0.1, 0.15) is 26.6 Å². The minimum Gasteiger partial charge on any atom is -0.330 e. The van der Waals surface area contributed by atoms with E-state index in [4.69, 9.17) is 0 Å². The van der Waals surface area contributed by atoms with Gasteiger partial charge in [0.1, 0.15) is 11.6 Å². The van der Waals surface area contributed by atoms with Crippen molar-refractivity contribution >= 4 is 11.7 Å². The molecule has 0 saturated heterocycles. The van der Waals surface area contributed by atoms with Gasteiger partial charge < -0.3 is 10.6 Å². The van der Waals surface area contributed by atoms with Crippen molar-refractivity contribution in [1.82, 2.24) is 25.5 Å². The van der Waals surface area contributed by atoms with Gasteiger partial charge in [-0.15, -0.1) is 10.2 Å². The van der Waals surface area contributed by atoms with Crippen molar-refractivity contribution < 1.29 is 13.6 Å². The highest BCUT2D eigenvalue weighted by atomic mass is 19.1. The highest BCUT2D eigenvalue weighted by Crippen LogP contribution is 2.32. The van der Waals surface area contributed by atoms with Crippen molar-refractivity contribution in [2.24, 2.45) is 0 Å². The molecule has 0 radical (unpaired) electrons. The lowest BCUT2D eigenvalue weighted by Gasteiger charge is -2.15.